The Morgan fingerprint density at radius 2 is 2.17 bits per heavy atom. The molecule has 1 aromatic heterocycles. The van der Waals surface area contributed by atoms with Crippen molar-refractivity contribution in [2.24, 2.45) is 0 Å². The first-order chi connectivity index (χ1) is 11.7. The van der Waals surface area contributed by atoms with Gasteiger partial charge < -0.3 is 9.64 Å². The molecule has 1 amide bonds. The number of aromatic nitrogens is 2. The molecule has 0 N–H and O–H groups in total. The van der Waals surface area contributed by atoms with Crippen LogP contribution in [0.5, 0.6) is 5.75 Å². The molecule has 1 saturated heterocycles. The Labute approximate surface area is 141 Å². The van der Waals surface area contributed by atoms with Crippen LogP contribution in [0.3, 0.4) is 0 Å². The summed E-state index contributed by atoms with van der Waals surface area (Å²) >= 11 is 0. The summed E-state index contributed by atoms with van der Waals surface area (Å²) in [5.74, 6) is 1.00. The first-order valence-electron chi connectivity index (χ1n) is 8.21. The lowest BCUT2D eigenvalue weighted by Gasteiger charge is -2.42. The van der Waals surface area contributed by atoms with Crippen molar-refractivity contribution in [3.63, 3.8) is 0 Å². The minimum atomic E-state index is -0.452. The lowest BCUT2D eigenvalue weighted by molar-refractivity contribution is 0.0228. The highest BCUT2D eigenvalue weighted by Crippen LogP contribution is 2.36. The van der Waals surface area contributed by atoms with E-state index >= 15 is 0 Å². The summed E-state index contributed by atoms with van der Waals surface area (Å²) in [5, 5.41) is 0. The molecule has 0 aliphatic carbocycles. The summed E-state index contributed by atoms with van der Waals surface area (Å²) in [4.78, 5) is 22.9. The number of aryl methyl sites for hydroxylation is 1. The van der Waals surface area contributed by atoms with E-state index in [1.54, 1.807) is 17.2 Å². The maximum atomic E-state index is 12.7. The predicted octanol–water partition coefficient (Wildman–Crippen LogP) is 2.87. The summed E-state index contributed by atoms with van der Waals surface area (Å²) in [6.45, 7) is 3.09. The number of amides is 1. The highest BCUT2D eigenvalue weighted by Gasteiger charge is 2.39. The van der Waals surface area contributed by atoms with E-state index in [-0.39, 0.29) is 11.7 Å². The van der Waals surface area contributed by atoms with Gasteiger partial charge in [-0.3, -0.25) is 4.79 Å². The quantitative estimate of drug-likeness (QED) is 0.810. The van der Waals surface area contributed by atoms with Gasteiger partial charge in [0.1, 0.15) is 11.4 Å². The molecule has 1 aromatic carbocycles. The number of para-hydroxylation sites is 1. The van der Waals surface area contributed by atoms with Gasteiger partial charge >= 0.3 is 0 Å². The van der Waals surface area contributed by atoms with Gasteiger partial charge in [0.15, 0.2) is 0 Å². The zero-order valence-electron chi connectivity index (χ0n) is 13.6. The number of hydrogen-bond donors (Lipinski definition) is 0. The highest BCUT2D eigenvalue weighted by molar-refractivity contribution is 5.90. The Bertz CT molecular complexity index is 818. The van der Waals surface area contributed by atoms with Crippen molar-refractivity contribution < 1.29 is 9.53 Å². The zero-order chi connectivity index (χ0) is 16.6. The SMILES string of the molecule is Cc1ccnc(C(=O)N2CCCC3(C=Cc4ccccc4O3)C2)n1. The van der Waals surface area contributed by atoms with Gasteiger partial charge in [-0.05, 0) is 38.0 Å². The maximum absolute atomic E-state index is 12.7. The Morgan fingerprint density at radius 3 is 3.04 bits per heavy atom. The van der Waals surface area contributed by atoms with Gasteiger partial charge in [-0.2, -0.15) is 0 Å². The van der Waals surface area contributed by atoms with Gasteiger partial charge in [-0.25, -0.2) is 9.97 Å². The third-order valence-corrected chi connectivity index (χ3v) is 4.56. The van der Waals surface area contributed by atoms with Crippen molar-refractivity contribution in [3.05, 3.63) is 59.7 Å². The first-order valence-corrected chi connectivity index (χ1v) is 8.21. The van der Waals surface area contributed by atoms with Crippen LogP contribution in [0, 0.1) is 6.92 Å². The molecule has 3 heterocycles. The van der Waals surface area contributed by atoms with E-state index < -0.39 is 5.60 Å². The molecule has 2 aliphatic heterocycles. The monoisotopic (exact) mass is 321 g/mol. The number of rotatable bonds is 1. The molecule has 122 valence electrons. The van der Waals surface area contributed by atoms with E-state index in [0.29, 0.717) is 13.1 Å². The second kappa shape index (κ2) is 5.74. The molecule has 0 saturated carbocycles. The number of carbonyl (C=O) groups is 1. The standard InChI is InChI=1S/C19H19N3O2/c1-14-8-11-20-17(21-14)18(23)22-12-4-9-19(13-22)10-7-15-5-2-3-6-16(15)24-19/h2-3,5-8,10-11H,4,9,12-13H2,1H3. The molecule has 1 spiro atoms. The van der Waals surface area contributed by atoms with Crippen LogP contribution in [0.1, 0.15) is 34.7 Å². The Hall–Kier alpha value is -2.69. The lowest BCUT2D eigenvalue weighted by atomic mass is 9.89. The van der Waals surface area contributed by atoms with Gasteiger partial charge in [0.25, 0.3) is 5.91 Å². The van der Waals surface area contributed by atoms with Crippen molar-refractivity contribution in [2.75, 3.05) is 13.1 Å². The second-order valence-corrected chi connectivity index (χ2v) is 6.39. The molecule has 5 nitrogen and oxygen atoms in total. The molecule has 0 radical (unpaired) electrons. The number of benzene rings is 1. The number of ether oxygens (including phenoxy) is 1. The summed E-state index contributed by atoms with van der Waals surface area (Å²) < 4.78 is 6.28. The molecular weight excluding hydrogens is 302 g/mol. The van der Waals surface area contributed by atoms with E-state index in [1.165, 1.54) is 0 Å². The third-order valence-electron chi connectivity index (χ3n) is 4.56. The largest absolute Gasteiger partial charge is 0.481 e. The van der Waals surface area contributed by atoms with E-state index in [1.807, 2.05) is 31.2 Å². The highest BCUT2D eigenvalue weighted by atomic mass is 16.5. The molecule has 1 atom stereocenters. The van der Waals surface area contributed by atoms with Crippen LogP contribution in [-0.2, 0) is 0 Å². The number of likely N-dealkylation sites (tertiary alicyclic amines) is 1. The van der Waals surface area contributed by atoms with E-state index in [9.17, 15) is 4.79 Å². The number of piperidine rings is 1. The average Bonchev–Trinajstić information content (AvgIpc) is 2.61. The van der Waals surface area contributed by atoms with Crippen LogP contribution >= 0.6 is 0 Å². The van der Waals surface area contributed by atoms with Crippen LogP contribution in [-0.4, -0.2) is 39.5 Å². The minimum Gasteiger partial charge on any atom is -0.481 e. The van der Waals surface area contributed by atoms with E-state index in [2.05, 4.69) is 22.1 Å². The smallest absolute Gasteiger partial charge is 0.291 e. The van der Waals surface area contributed by atoms with Crippen molar-refractivity contribution in [3.8, 4) is 5.75 Å². The molecular formula is C19H19N3O2. The topological polar surface area (TPSA) is 55.3 Å². The van der Waals surface area contributed by atoms with Crippen LogP contribution in [0.2, 0.25) is 0 Å². The molecule has 2 aromatic rings. The van der Waals surface area contributed by atoms with Gasteiger partial charge in [0.05, 0.1) is 6.54 Å². The number of fused-ring (bicyclic) bond motifs is 1. The molecule has 0 bridgehead atoms. The molecule has 2 aliphatic rings. The molecule has 5 heteroatoms. The van der Waals surface area contributed by atoms with Crippen molar-refractivity contribution in [2.45, 2.75) is 25.4 Å². The number of hydrogen-bond acceptors (Lipinski definition) is 4. The Kier molecular flexibility index (Phi) is 3.56. The summed E-state index contributed by atoms with van der Waals surface area (Å²) in [6.07, 6.45) is 7.60. The van der Waals surface area contributed by atoms with E-state index in [4.69, 9.17) is 4.74 Å². The van der Waals surface area contributed by atoms with Crippen LogP contribution < -0.4 is 4.74 Å². The van der Waals surface area contributed by atoms with Crippen LogP contribution in [0.4, 0.5) is 0 Å². The average molecular weight is 321 g/mol. The van der Waals surface area contributed by atoms with Crippen molar-refractivity contribution in [1.82, 2.24) is 14.9 Å². The molecule has 24 heavy (non-hydrogen) atoms. The van der Waals surface area contributed by atoms with Crippen LogP contribution in [0.25, 0.3) is 6.08 Å². The number of nitrogens with zero attached hydrogens (tertiary/aromatic N) is 3. The van der Waals surface area contributed by atoms with Gasteiger partial charge in [0.2, 0.25) is 5.82 Å². The minimum absolute atomic E-state index is 0.131. The summed E-state index contributed by atoms with van der Waals surface area (Å²) in [6, 6.07) is 9.77. The molecule has 1 unspecified atom stereocenters. The second-order valence-electron chi connectivity index (χ2n) is 6.39. The molecule has 1 fully saturated rings. The van der Waals surface area contributed by atoms with Crippen molar-refractivity contribution >= 4 is 12.0 Å². The molecule has 4 rings (SSSR count). The van der Waals surface area contributed by atoms with Crippen LogP contribution in [0.15, 0.2) is 42.6 Å². The summed E-state index contributed by atoms with van der Waals surface area (Å²) in [7, 11) is 0. The maximum Gasteiger partial charge on any atom is 0.291 e. The van der Waals surface area contributed by atoms with Crippen molar-refractivity contribution in [1.29, 1.82) is 0 Å². The summed E-state index contributed by atoms with van der Waals surface area (Å²) in [5.41, 5.74) is 1.42. The number of carbonyl (C=O) groups excluding carboxylic acids is 1. The normalized spacial score (nSPS) is 22.1. The van der Waals surface area contributed by atoms with Gasteiger partial charge in [-0.1, -0.05) is 24.3 Å². The van der Waals surface area contributed by atoms with E-state index in [0.717, 1.165) is 29.8 Å². The fraction of sp³-hybridized carbons (Fsp3) is 0.316. The third kappa shape index (κ3) is 2.66. The fourth-order valence-corrected chi connectivity index (χ4v) is 3.34. The Balaban J connectivity index is 1.58. The Morgan fingerprint density at radius 1 is 1.29 bits per heavy atom. The predicted molar refractivity (Wildman–Crippen MR) is 90.7 cm³/mol. The zero-order valence-corrected chi connectivity index (χ0v) is 13.6. The van der Waals surface area contributed by atoms with Gasteiger partial charge in [-0.15, -0.1) is 0 Å². The first kappa shape index (κ1) is 14.9. The lowest BCUT2D eigenvalue weighted by Crippen LogP contribution is -2.53. The van der Waals surface area contributed by atoms with Gasteiger partial charge in [0, 0.05) is 24.0 Å². The fourth-order valence-electron chi connectivity index (χ4n) is 3.34.